The number of carbonyl (C=O) groups excluding carboxylic acids is 1. The van der Waals surface area contributed by atoms with Crippen molar-refractivity contribution in [2.24, 2.45) is 5.73 Å². The van der Waals surface area contributed by atoms with Gasteiger partial charge < -0.3 is 20.7 Å². The zero-order chi connectivity index (χ0) is 24.7. The molecule has 0 aliphatic carbocycles. The minimum Gasteiger partial charge on any atom is -0.852 e. The van der Waals surface area contributed by atoms with Gasteiger partial charge in [-0.2, -0.15) is 0 Å². The smallest absolute Gasteiger partial charge is 0.218 e. The Bertz CT molecular complexity index is 1420. The van der Waals surface area contributed by atoms with Crippen LogP contribution in [0.25, 0.3) is 22.1 Å². The first-order valence-electron chi connectivity index (χ1n) is 11.4. The van der Waals surface area contributed by atoms with Gasteiger partial charge in [0.05, 0.1) is 15.9 Å². The predicted octanol–water partition coefficient (Wildman–Crippen LogP) is 2.52. The van der Waals surface area contributed by atoms with Crippen molar-refractivity contribution in [3.63, 3.8) is 0 Å². The maximum atomic E-state index is 12.3. The van der Waals surface area contributed by atoms with Gasteiger partial charge in [-0.3, -0.25) is 4.79 Å². The van der Waals surface area contributed by atoms with Crippen LogP contribution in [0.1, 0.15) is 43.0 Å². The Morgan fingerprint density at radius 2 is 2.09 bits per heavy atom. The maximum Gasteiger partial charge on any atom is 0.218 e. The standard InChI is InChI=1S/C23H24ClN8O2S/c1-3-14-19(24)18-21(26-14)28-23(29-22(18)32-9-12(25)10-32)35-13-5-6-15-16(8-13)27-20(31-30-15)17(34)7-4-11(2)33/h5-6,8,11-12H,3-4,7,9-10,25H2,1-2H3,(H,26,28,29)/q-1/t11-/m0/s1. The second-order valence-electron chi connectivity index (χ2n) is 8.65. The maximum absolute atomic E-state index is 12.3. The van der Waals surface area contributed by atoms with Crippen molar-refractivity contribution in [3.05, 3.63) is 34.7 Å². The number of carbonyl (C=O) groups is 1. The number of hydrogen-bond donors (Lipinski definition) is 2. The Kier molecular flexibility index (Phi) is 6.58. The topological polar surface area (TPSA) is 150 Å². The molecule has 0 saturated carbocycles. The molecule has 0 radical (unpaired) electrons. The Hall–Kier alpha value is -2.86. The van der Waals surface area contributed by atoms with Crippen LogP contribution in [0.2, 0.25) is 5.02 Å². The summed E-state index contributed by atoms with van der Waals surface area (Å²) in [6.45, 7) is 4.98. The molecule has 1 saturated heterocycles. The molecule has 1 aliphatic rings. The minimum atomic E-state index is -0.812. The van der Waals surface area contributed by atoms with Crippen LogP contribution < -0.4 is 15.7 Å². The number of aromatic nitrogens is 6. The van der Waals surface area contributed by atoms with Gasteiger partial charge in [0.25, 0.3) is 0 Å². The van der Waals surface area contributed by atoms with E-state index in [1.807, 2.05) is 19.1 Å². The van der Waals surface area contributed by atoms with E-state index < -0.39 is 6.10 Å². The Labute approximate surface area is 210 Å². The number of rotatable bonds is 8. The van der Waals surface area contributed by atoms with Gasteiger partial charge in [-0.25, -0.2) is 15.0 Å². The quantitative estimate of drug-likeness (QED) is 0.267. The number of H-pyrrole nitrogens is 1. The van der Waals surface area contributed by atoms with Crippen molar-refractivity contribution in [1.82, 2.24) is 30.1 Å². The van der Waals surface area contributed by atoms with Crippen LogP contribution in [0.15, 0.2) is 28.3 Å². The van der Waals surface area contributed by atoms with E-state index in [9.17, 15) is 9.90 Å². The summed E-state index contributed by atoms with van der Waals surface area (Å²) >= 11 is 8.02. The van der Waals surface area contributed by atoms with Gasteiger partial charge in [0, 0.05) is 36.1 Å². The largest absolute Gasteiger partial charge is 0.852 e. The molecule has 4 heterocycles. The number of nitrogens with one attached hydrogen (secondary N) is 1. The van der Waals surface area contributed by atoms with E-state index in [2.05, 4.69) is 25.1 Å². The van der Waals surface area contributed by atoms with Crippen LogP contribution in [0.3, 0.4) is 0 Å². The highest BCUT2D eigenvalue weighted by Crippen LogP contribution is 2.38. The molecule has 3 N–H and O–H groups in total. The first-order chi connectivity index (χ1) is 16.8. The monoisotopic (exact) mass is 511 g/mol. The number of benzene rings is 1. The summed E-state index contributed by atoms with van der Waals surface area (Å²) in [4.78, 5) is 32.5. The highest BCUT2D eigenvalue weighted by Gasteiger charge is 2.29. The van der Waals surface area contributed by atoms with Gasteiger partial charge in [0.2, 0.25) is 11.6 Å². The third kappa shape index (κ3) is 4.81. The number of nitrogens with two attached hydrogens (primary N) is 1. The zero-order valence-electron chi connectivity index (χ0n) is 19.3. The van der Waals surface area contributed by atoms with Crippen LogP contribution in [-0.2, 0) is 6.42 Å². The molecule has 1 aromatic carbocycles. The van der Waals surface area contributed by atoms with E-state index in [4.69, 9.17) is 27.3 Å². The highest BCUT2D eigenvalue weighted by molar-refractivity contribution is 7.99. The Balaban J connectivity index is 1.47. The van der Waals surface area contributed by atoms with Crippen molar-refractivity contribution in [2.45, 2.75) is 55.3 Å². The molecule has 0 bridgehead atoms. The molecule has 3 aromatic heterocycles. The molecule has 1 atom stereocenters. The molecule has 1 aliphatic heterocycles. The van der Waals surface area contributed by atoms with Crippen LogP contribution in [0, 0.1) is 0 Å². The first-order valence-corrected chi connectivity index (χ1v) is 12.6. The number of Topliss-reactive ketones (excluding diaryl/α,β-unsaturated/α-hetero) is 1. The SMILES string of the molecule is CCc1[nH]c2nc(Sc3ccc4nnc(C(=O)CC[C@H](C)[O-])nc4c3)nc(N3CC(N)C3)c2c1Cl. The number of hydrogen-bond acceptors (Lipinski definition) is 10. The van der Waals surface area contributed by atoms with Crippen molar-refractivity contribution < 1.29 is 9.90 Å². The summed E-state index contributed by atoms with van der Waals surface area (Å²) in [7, 11) is 0. The molecule has 0 spiro atoms. The van der Waals surface area contributed by atoms with E-state index in [-0.39, 0.29) is 30.5 Å². The Morgan fingerprint density at radius 3 is 2.80 bits per heavy atom. The summed E-state index contributed by atoms with van der Waals surface area (Å²) in [6, 6.07) is 5.62. The van der Waals surface area contributed by atoms with Crippen molar-refractivity contribution in [2.75, 3.05) is 18.0 Å². The fourth-order valence-corrected chi connectivity index (χ4v) is 5.06. The summed E-state index contributed by atoms with van der Waals surface area (Å²) < 4.78 is 0. The molecule has 0 unspecified atom stereocenters. The molecule has 0 amide bonds. The molecular weight excluding hydrogens is 488 g/mol. The van der Waals surface area contributed by atoms with Crippen LogP contribution in [0.4, 0.5) is 5.82 Å². The van der Waals surface area contributed by atoms with Gasteiger partial charge in [0.1, 0.15) is 17.0 Å². The fraction of sp³-hybridized carbons (Fsp3) is 0.391. The summed E-state index contributed by atoms with van der Waals surface area (Å²) in [5.74, 6) is 0.495. The molecule has 12 heteroatoms. The van der Waals surface area contributed by atoms with Gasteiger partial charge in [0.15, 0.2) is 5.16 Å². The number of ketones is 1. The molecule has 182 valence electrons. The van der Waals surface area contributed by atoms with Crippen molar-refractivity contribution >= 4 is 57.0 Å². The highest BCUT2D eigenvalue weighted by atomic mass is 35.5. The third-order valence-corrected chi connectivity index (χ3v) is 7.12. The molecular formula is C23H24ClN8O2S-. The van der Waals surface area contributed by atoms with E-state index in [1.165, 1.54) is 18.7 Å². The van der Waals surface area contributed by atoms with Crippen molar-refractivity contribution in [1.29, 1.82) is 0 Å². The normalized spacial score (nSPS) is 15.1. The van der Waals surface area contributed by atoms with Gasteiger partial charge in [-0.1, -0.05) is 31.9 Å². The van der Waals surface area contributed by atoms with Gasteiger partial charge >= 0.3 is 0 Å². The molecule has 5 rings (SSSR count). The first kappa shape index (κ1) is 23.9. The summed E-state index contributed by atoms with van der Waals surface area (Å²) in [5.41, 5.74) is 8.72. The lowest BCUT2D eigenvalue weighted by Gasteiger charge is -2.38. The lowest BCUT2D eigenvalue weighted by atomic mass is 10.1. The second-order valence-corrected chi connectivity index (χ2v) is 10.1. The third-order valence-electron chi connectivity index (χ3n) is 5.85. The van der Waals surface area contributed by atoms with E-state index in [0.29, 0.717) is 39.9 Å². The minimum absolute atomic E-state index is 0.0162. The predicted molar refractivity (Wildman–Crippen MR) is 133 cm³/mol. The summed E-state index contributed by atoms with van der Waals surface area (Å²) in [6.07, 6.45) is 0.278. The number of aromatic amines is 1. The molecule has 4 aromatic rings. The van der Waals surface area contributed by atoms with E-state index in [0.717, 1.165) is 28.2 Å². The molecule has 35 heavy (non-hydrogen) atoms. The number of fused-ring (bicyclic) bond motifs is 2. The van der Waals surface area contributed by atoms with Crippen molar-refractivity contribution in [3.8, 4) is 0 Å². The lowest BCUT2D eigenvalue weighted by Crippen LogP contribution is -2.56. The molecule has 10 nitrogen and oxygen atoms in total. The van der Waals surface area contributed by atoms with Crippen LogP contribution >= 0.6 is 23.4 Å². The fourth-order valence-electron chi connectivity index (χ4n) is 3.92. The molecule has 1 fully saturated rings. The Morgan fingerprint density at radius 1 is 1.29 bits per heavy atom. The zero-order valence-corrected chi connectivity index (χ0v) is 20.9. The van der Waals surface area contributed by atoms with Gasteiger partial charge in [-0.05, 0) is 36.4 Å². The van der Waals surface area contributed by atoms with Crippen LogP contribution in [-0.4, -0.2) is 61.2 Å². The van der Waals surface area contributed by atoms with Crippen LogP contribution in [0.5, 0.6) is 0 Å². The number of nitrogens with zero attached hydrogens (tertiary/aromatic N) is 6. The van der Waals surface area contributed by atoms with E-state index >= 15 is 0 Å². The van der Waals surface area contributed by atoms with Gasteiger partial charge in [-0.15, -0.1) is 16.3 Å². The average molecular weight is 512 g/mol. The number of aryl methyl sites for hydroxylation is 1. The number of halogens is 1. The lowest BCUT2D eigenvalue weighted by molar-refractivity contribution is -0.414. The average Bonchev–Trinajstić information content (AvgIpc) is 3.15. The van der Waals surface area contributed by atoms with E-state index in [1.54, 1.807) is 6.07 Å². The summed E-state index contributed by atoms with van der Waals surface area (Å²) in [5, 5.41) is 21.3. The number of anilines is 1. The second kappa shape index (κ2) is 9.65.